The Morgan fingerprint density at radius 2 is 2.14 bits per heavy atom. The second-order valence-corrected chi connectivity index (χ2v) is 4.82. The van der Waals surface area contributed by atoms with Gasteiger partial charge in [0.05, 0.1) is 23.0 Å². The van der Waals surface area contributed by atoms with Crippen molar-refractivity contribution in [3.63, 3.8) is 0 Å². The average molecular weight is 331 g/mol. The third kappa shape index (κ3) is 5.30. The topological polar surface area (TPSA) is 110 Å². The number of carboxylic acids is 1. The summed E-state index contributed by atoms with van der Waals surface area (Å²) in [7, 11) is 1.44. The van der Waals surface area contributed by atoms with Crippen molar-refractivity contribution < 1.29 is 24.4 Å². The SMILES string of the molecule is COCCN(CC(=O)O)C(=O)Cc1ccc([N+](=O)[O-])cc1Cl. The van der Waals surface area contributed by atoms with Crippen LogP contribution in [0.2, 0.25) is 5.02 Å². The van der Waals surface area contributed by atoms with Crippen molar-refractivity contribution in [1.29, 1.82) is 0 Å². The summed E-state index contributed by atoms with van der Waals surface area (Å²) in [5.74, 6) is -1.59. The number of hydrogen-bond donors (Lipinski definition) is 1. The minimum Gasteiger partial charge on any atom is -0.480 e. The first-order valence-electron chi connectivity index (χ1n) is 6.26. The summed E-state index contributed by atoms with van der Waals surface area (Å²) in [4.78, 5) is 34.1. The zero-order valence-corrected chi connectivity index (χ0v) is 12.6. The predicted octanol–water partition coefficient (Wildman–Crippen LogP) is 1.35. The Labute approximate surface area is 131 Å². The molecule has 0 radical (unpaired) electrons. The molecule has 1 aromatic carbocycles. The summed E-state index contributed by atoms with van der Waals surface area (Å²) in [6.45, 7) is -0.119. The summed E-state index contributed by atoms with van der Waals surface area (Å²) >= 11 is 5.92. The van der Waals surface area contributed by atoms with Gasteiger partial charge in [-0.15, -0.1) is 0 Å². The number of carbonyl (C=O) groups is 2. The summed E-state index contributed by atoms with van der Waals surface area (Å²) in [5, 5.41) is 19.5. The quantitative estimate of drug-likeness (QED) is 0.569. The van der Waals surface area contributed by atoms with Crippen molar-refractivity contribution in [1.82, 2.24) is 4.90 Å². The zero-order valence-electron chi connectivity index (χ0n) is 11.8. The molecule has 0 aromatic heterocycles. The van der Waals surface area contributed by atoms with Gasteiger partial charge in [-0.3, -0.25) is 19.7 Å². The lowest BCUT2D eigenvalue weighted by Gasteiger charge is -2.20. The minimum absolute atomic E-state index is 0.0876. The van der Waals surface area contributed by atoms with E-state index in [1.165, 1.54) is 19.2 Å². The first-order chi connectivity index (χ1) is 10.3. The highest BCUT2D eigenvalue weighted by Crippen LogP contribution is 2.23. The normalized spacial score (nSPS) is 10.3. The van der Waals surface area contributed by atoms with Gasteiger partial charge in [-0.1, -0.05) is 17.7 Å². The van der Waals surface area contributed by atoms with Crippen LogP contribution in [0.15, 0.2) is 18.2 Å². The van der Waals surface area contributed by atoms with Gasteiger partial charge in [0.1, 0.15) is 6.54 Å². The first-order valence-corrected chi connectivity index (χ1v) is 6.64. The Morgan fingerprint density at radius 3 is 2.64 bits per heavy atom. The molecule has 0 bridgehead atoms. The van der Waals surface area contributed by atoms with Gasteiger partial charge in [-0.25, -0.2) is 0 Å². The van der Waals surface area contributed by atoms with Gasteiger partial charge in [0.15, 0.2) is 0 Å². The monoisotopic (exact) mass is 330 g/mol. The fraction of sp³-hybridized carbons (Fsp3) is 0.385. The maximum Gasteiger partial charge on any atom is 0.323 e. The smallest absolute Gasteiger partial charge is 0.323 e. The zero-order chi connectivity index (χ0) is 16.7. The maximum absolute atomic E-state index is 12.1. The van der Waals surface area contributed by atoms with E-state index in [-0.39, 0.29) is 30.3 Å². The van der Waals surface area contributed by atoms with Gasteiger partial charge in [0, 0.05) is 25.8 Å². The molecule has 0 unspecified atom stereocenters. The third-order valence-corrected chi connectivity index (χ3v) is 3.19. The number of halogens is 1. The molecule has 120 valence electrons. The molecule has 22 heavy (non-hydrogen) atoms. The molecule has 1 aromatic rings. The highest BCUT2D eigenvalue weighted by molar-refractivity contribution is 6.31. The van der Waals surface area contributed by atoms with Crippen LogP contribution in [-0.2, 0) is 20.7 Å². The van der Waals surface area contributed by atoms with Gasteiger partial charge in [-0.05, 0) is 5.56 Å². The van der Waals surface area contributed by atoms with Gasteiger partial charge in [0.2, 0.25) is 5.91 Å². The van der Waals surface area contributed by atoms with E-state index in [4.69, 9.17) is 21.4 Å². The lowest BCUT2D eigenvalue weighted by Crippen LogP contribution is -2.38. The number of methoxy groups -OCH3 is 1. The third-order valence-electron chi connectivity index (χ3n) is 2.83. The van der Waals surface area contributed by atoms with E-state index in [1.807, 2.05) is 0 Å². The fourth-order valence-electron chi connectivity index (χ4n) is 1.72. The molecule has 0 aliphatic heterocycles. The van der Waals surface area contributed by atoms with Crippen molar-refractivity contribution in [2.75, 3.05) is 26.8 Å². The minimum atomic E-state index is -1.14. The molecule has 0 aliphatic carbocycles. The van der Waals surface area contributed by atoms with Gasteiger partial charge < -0.3 is 14.7 Å². The highest BCUT2D eigenvalue weighted by atomic mass is 35.5. The van der Waals surface area contributed by atoms with Crippen LogP contribution in [0.3, 0.4) is 0 Å². The number of amides is 1. The van der Waals surface area contributed by atoms with Crippen LogP contribution >= 0.6 is 11.6 Å². The number of ether oxygens (including phenoxy) is 1. The van der Waals surface area contributed by atoms with Gasteiger partial charge >= 0.3 is 5.97 Å². The van der Waals surface area contributed by atoms with E-state index in [0.29, 0.717) is 5.56 Å². The number of carboxylic acid groups (broad SMARTS) is 1. The molecule has 0 atom stereocenters. The largest absolute Gasteiger partial charge is 0.480 e. The number of nitrogens with zero attached hydrogens (tertiary/aromatic N) is 2. The number of rotatable bonds is 8. The van der Waals surface area contributed by atoms with Gasteiger partial charge in [0.25, 0.3) is 5.69 Å². The van der Waals surface area contributed by atoms with Crippen molar-refractivity contribution >= 4 is 29.2 Å². The van der Waals surface area contributed by atoms with Crippen LogP contribution in [-0.4, -0.2) is 53.6 Å². The molecule has 0 heterocycles. The molecule has 0 fully saturated rings. The number of aliphatic carboxylic acids is 1. The summed E-state index contributed by atoms with van der Waals surface area (Å²) in [6, 6.07) is 3.78. The Kier molecular flexibility index (Phi) is 6.74. The lowest BCUT2D eigenvalue weighted by atomic mass is 10.1. The molecule has 0 aliphatic rings. The van der Waals surface area contributed by atoms with Crippen LogP contribution in [0.1, 0.15) is 5.56 Å². The fourth-order valence-corrected chi connectivity index (χ4v) is 1.97. The van der Waals surface area contributed by atoms with Crippen molar-refractivity contribution in [3.8, 4) is 0 Å². The highest BCUT2D eigenvalue weighted by Gasteiger charge is 2.19. The molecular weight excluding hydrogens is 316 g/mol. The number of nitro groups is 1. The maximum atomic E-state index is 12.1. The number of nitro benzene ring substituents is 1. The summed E-state index contributed by atoms with van der Waals surface area (Å²) < 4.78 is 4.83. The molecular formula is C13H15ClN2O6. The van der Waals surface area contributed by atoms with Crippen molar-refractivity contribution in [2.45, 2.75) is 6.42 Å². The van der Waals surface area contributed by atoms with Crippen LogP contribution < -0.4 is 0 Å². The Bertz CT molecular complexity index is 578. The van der Waals surface area contributed by atoms with E-state index in [1.54, 1.807) is 0 Å². The second-order valence-electron chi connectivity index (χ2n) is 4.41. The lowest BCUT2D eigenvalue weighted by molar-refractivity contribution is -0.384. The number of hydrogen-bond acceptors (Lipinski definition) is 5. The van der Waals surface area contributed by atoms with Crippen LogP contribution in [0.5, 0.6) is 0 Å². The molecule has 0 saturated carbocycles. The molecule has 0 saturated heterocycles. The van der Waals surface area contributed by atoms with Crippen LogP contribution in [0.4, 0.5) is 5.69 Å². The summed E-state index contributed by atoms with van der Waals surface area (Å²) in [6.07, 6.45) is -0.145. The first kappa shape index (κ1) is 17.9. The number of benzene rings is 1. The van der Waals surface area contributed by atoms with Crippen molar-refractivity contribution in [2.24, 2.45) is 0 Å². The molecule has 1 N–H and O–H groups in total. The molecule has 1 amide bonds. The number of carbonyl (C=O) groups excluding carboxylic acids is 1. The van der Waals surface area contributed by atoms with E-state index in [9.17, 15) is 19.7 Å². The van der Waals surface area contributed by atoms with E-state index >= 15 is 0 Å². The van der Waals surface area contributed by atoms with E-state index < -0.39 is 23.3 Å². The van der Waals surface area contributed by atoms with E-state index in [2.05, 4.69) is 0 Å². The summed E-state index contributed by atoms with van der Waals surface area (Å²) in [5.41, 5.74) is 0.216. The Hall–Kier alpha value is -2.19. The van der Waals surface area contributed by atoms with Crippen LogP contribution in [0, 0.1) is 10.1 Å². The average Bonchev–Trinajstić information content (AvgIpc) is 2.44. The molecule has 0 spiro atoms. The Morgan fingerprint density at radius 1 is 1.45 bits per heavy atom. The van der Waals surface area contributed by atoms with E-state index in [0.717, 1.165) is 11.0 Å². The molecule has 8 nitrogen and oxygen atoms in total. The molecule has 9 heteroatoms. The van der Waals surface area contributed by atoms with Gasteiger partial charge in [-0.2, -0.15) is 0 Å². The second kappa shape index (κ2) is 8.30. The Balaban J connectivity index is 2.83. The predicted molar refractivity (Wildman–Crippen MR) is 77.9 cm³/mol. The standard InChI is InChI=1S/C13H15ClN2O6/c1-22-5-4-15(8-13(18)19)12(17)6-9-2-3-10(16(20)21)7-11(9)14/h2-3,7H,4-6,8H2,1H3,(H,18,19). The number of non-ortho nitro benzene ring substituents is 1. The van der Waals surface area contributed by atoms with Crippen molar-refractivity contribution in [3.05, 3.63) is 38.9 Å². The van der Waals surface area contributed by atoms with Crippen LogP contribution in [0.25, 0.3) is 0 Å². The molecule has 1 rings (SSSR count).